The Bertz CT molecular complexity index is 602. The molecule has 2 rings (SSSR count). The van der Waals surface area contributed by atoms with Gasteiger partial charge < -0.3 is 10.1 Å². The zero-order chi connectivity index (χ0) is 15.2. The van der Waals surface area contributed by atoms with Gasteiger partial charge in [0.05, 0.1) is 6.61 Å². The number of methoxy groups -OCH3 is 1. The molecule has 2 aromatic rings. The van der Waals surface area contributed by atoms with Crippen molar-refractivity contribution in [1.29, 1.82) is 0 Å². The van der Waals surface area contributed by atoms with E-state index in [-0.39, 0.29) is 0 Å². The van der Waals surface area contributed by atoms with E-state index in [1.807, 2.05) is 12.1 Å². The Hall–Kier alpha value is -1.46. The Morgan fingerprint density at radius 1 is 1.19 bits per heavy atom. The van der Waals surface area contributed by atoms with Crippen LogP contribution in [0, 0.1) is 0 Å². The van der Waals surface area contributed by atoms with Gasteiger partial charge in [0, 0.05) is 25.6 Å². The minimum Gasteiger partial charge on any atom is -0.380 e. The number of hydrogen-bond donors (Lipinski definition) is 1. The summed E-state index contributed by atoms with van der Waals surface area (Å²) >= 11 is 3.43. The third-order valence-electron chi connectivity index (χ3n) is 3.00. The van der Waals surface area contributed by atoms with Crippen LogP contribution in [0.1, 0.15) is 36.7 Å². The minimum absolute atomic E-state index is 0.299. The van der Waals surface area contributed by atoms with E-state index in [2.05, 4.69) is 63.3 Å². The van der Waals surface area contributed by atoms with Crippen molar-refractivity contribution < 1.29 is 4.74 Å². The first-order valence-corrected chi connectivity index (χ1v) is 7.73. The number of anilines is 1. The fourth-order valence-electron chi connectivity index (χ4n) is 1.97. The maximum Gasteiger partial charge on any atom is 0.134 e. The molecule has 112 valence electrons. The fraction of sp³-hybridized carbons (Fsp3) is 0.375. The van der Waals surface area contributed by atoms with Gasteiger partial charge in [0.25, 0.3) is 0 Å². The van der Waals surface area contributed by atoms with E-state index >= 15 is 0 Å². The van der Waals surface area contributed by atoms with Gasteiger partial charge in [-0.1, -0.05) is 38.1 Å². The molecule has 21 heavy (non-hydrogen) atoms. The molecule has 0 spiro atoms. The van der Waals surface area contributed by atoms with Crippen molar-refractivity contribution in [2.75, 3.05) is 12.4 Å². The maximum atomic E-state index is 5.16. The summed E-state index contributed by atoms with van der Waals surface area (Å²) < 4.78 is 5.96. The van der Waals surface area contributed by atoms with Gasteiger partial charge in [0.15, 0.2) is 0 Å². The third-order valence-corrected chi connectivity index (χ3v) is 3.41. The lowest BCUT2D eigenvalue weighted by atomic mass is 10.1. The minimum atomic E-state index is 0.299. The Kier molecular flexibility index (Phi) is 5.70. The molecule has 0 radical (unpaired) electrons. The first-order chi connectivity index (χ1) is 10.1. The van der Waals surface area contributed by atoms with E-state index in [1.165, 1.54) is 11.1 Å². The molecule has 4 nitrogen and oxygen atoms in total. The molecule has 1 N–H and O–H groups in total. The highest BCUT2D eigenvalue weighted by atomic mass is 79.9. The molecule has 0 aliphatic heterocycles. The van der Waals surface area contributed by atoms with Crippen LogP contribution in [0.2, 0.25) is 0 Å². The van der Waals surface area contributed by atoms with Gasteiger partial charge in [-0.3, -0.25) is 0 Å². The number of aromatic nitrogens is 2. The molecule has 0 atom stereocenters. The summed E-state index contributed by atoms with van der Waals surface area (Å²) in [5, 5.41) is 3.34. The zero-order valence-corrected chi connectivity index (χ0v) is 14.1. The molecular weight excluding hydrogens is 330 g/mol. The summed E-state index contributed by atoms with van der Waals surface area (Å²) in [5.74, 6) is 1.96. The summed E-state index contributed by atoms with van der Waals surface area (Å²) in [7, 11) is 1.71. The molecule has 0 bridgehead atoms. The molecule has 0 saturated carbocycles. The van der Waals surface area contributed by atoms with E-state index in [4.69, 9.17) is 4.74 Å². The van der Waals surface area contributed by atoms with Crippen molar-refractivity contribution in [3.05, 3.63) is 51.9 Å². The predicted molar refractivity (Wildman–Crippen MR) is 88.3 cm³/mol. The van der Waals surface area contributed by atoms with Crippen LogP contribution in [0.15, 0.2) is 34.9 Å². The molecule has 1 aromatic carbocycles. The second-order valence-electron chi connectivity index (χ2n) is 5.20. The lowest BCUT2D eigenvalue weighted by molar-refractivity contribution is 0.185. The van der Waals surface area contributed by atoms with Gasteiger partial charge in [-0.05, 0) is 27.1 Å². The summed E-state index contributed by atoms with van der Waals surface area (Å²) in [6.07, 6.45) is 0. The monoisotopic (exact) mass is 349 g/mol. The highest BCUT2D eigenvalue weighted by molar-refractivity contribution is 9.10. The number of ether oxygens (including phenoxy) is 1. The smallest absolute Gasteiger partial charge is 0.134 e. The van der Waals surface area contributed by atoms with Crippen molar-refractivity contribution in [3.63, 3.8) is 0 Å². The summed E-state index contributed by atoms with van der Waals surface area (Å²) in [4.78, 5) is 8.91. The van der Waals surface area contributed by atoms with E-state index in [9.17, 15) is 0 Å². The number of nitrogens with one attached hydrogen (secondary N) is 1. The van der Waals surface area contributed by atoms with Crippen molar-refractivity contribution in [2.45, 2.75) is 32.9 Å². The number of halogens is 1. The first-order valence-electron chi connectivity index (χ1n) is 6.93. The first kappa shape index (κ1) is 15.9. The fourth-order valence-corrected chi connectivity index (χ4v) is 2.37. The third kappa shape index (κ3) is 4.79. The van der Waals surface area contributed by atoms with Crippen LogP contribution in [-0.2, 0) is 17.9 Å². The highest BCUT2D eigenvalue weighted by Crippen LogP contribution is 2.18. The number of hydrogen-bond acceptors (Lipinski definition) is 4. The lowest BCUT2D eigenvalue weighted by Crippen LogP contribution is -2.06. The molecule has 0 aliphatic carbocycles. The van der Waals surface area contributed by atoms with E-state index < -0.39 is 0 Å². The van der Waals surface area contributed by atoms with Crippen LogP contribution in [0.3, 0.4) is 0 Å². The molecule has 0 aliphatic rings. The van der Waals surface area contributed by atoms with E-state index in [1.54, 1.807) is 7.11 Å². The van der Waals surface area contributed by atoms with Gasteiger partial charge in [0.1, 0.15) is 16.2 Å². The van der Waals surface area contributed by atoms with Crippen molar-refractivity contribution in [3.8, 4) is 0 Å². The lowest BCUT2D eigenvalue weighted by Gasteiger charge is -2.10. The van der Waals surface area contributed by atoms with Crippen LogP contribution >= 0.6 is 15.9 Å². The normalized spacial score (nSPS) is 10.9. The van der Waals surface area contributed by atoms with Crippen molar-refractivity contribution in [1.82, 2.24) is 9.97 Å². The second-order valence-corrected chi connectivity index (χ2v) is 6.01. The maximum absolute atomic E-state index is 5.16. The van der Waals surface area contributed by atoms with Crippen LogP contribution in [0.4, 0.5) is 5.82 Å². The van der Waals surface area contributed by atoms with Crippen molar-refractivity contribution >= 4 is 21.7 Å². The molecule has 0 unspecified atom stereocenters. The molecule has 0 saturated heterocycles. The predicted octanol–water partition coefficient (Wildman–Crippen LogP) is 4.12. The van der Waals surface area contributed by atoms with Crippen LogP contribution < -0.4 is 5.32 Å². The van der Waals surface area contributed by atoms with Crippen LogP contribution in [-0.4, -0.2) is 17.1 Å². The standard InChI is InChI=1S/C16H20BrN3O/c1-11(2)16-19-14(17)8-15(20-16)18-9-12-5-4-6-13(7-12)10-21-3/h4-8,11H,9-10H2,1-3H3,(H,18,19,20). The highest BCUT2D eigenvalue weighted by Gasteiger charge is 2.06. The molecule has 0 amide bonds. The van der Waals surface area contributed by atoms with Gasteiger partial charge in [-0.15, -0.1) is 0 Å². The van der Waals surface area contributed by atoms with E-state index in [0.717, 1.165) is 22.8 Å². The van der Waals surface area contributed by atoms with Crippen molar-refractivity contribution in [2.24, 2.45) is 0 Å². The summed E-state index contributed by atoms with van der Waals surface area (Å²) in [6, 6.07) is 10.2. The Morgan fingerprint density at radius 2 is 1.95 bits per heavy atom. The average Bonchev–Trinajstić information content (AvgIpc) is 2.45. The summed E-state index contributed by atoms with van der Waals surface area (Å²) in [6.45, 7) is 5.52. The molecular formula is C16H20BrN3O. The summed E-state index contributed by atoms with van der Waals surface area (Å²) in [5.41, 5.74) is 2.37. The van der Waals surface area contributed by atoms with Crippen LogP contribution in [0.25, 0.3) is 0 Å². The Morgan fingerprint density at radius 3 is 2.67 bits per heavy atom. The molecule has 1 heterocycles. The molecule has 0 fully saturated rings. The number of benzene rings is 1. The Labute approximate surface area is 134 Å². The largest absolute Gasteiger partial charge is 0.380 e. The van der Waals surface area contributed by atoms with Crippen LogP contribution in [0.5, 0.6) is 0 Å². The SMILES string of the molecule is COCc1cccc(CNc2cc(Br)nc(C(C)C)n2)c1. The van der Waals surface area contributed by atoms with E-state index in [0.29, 0.717) is 12.5 Å². The van der Waals surface area contributed by atoms with Gasteiger partial charge in [-0.25, -0.2) is 9.97 Å². The zero-order valence-electron chi connectivity index (χ0n) is 12.6. The van der Waals surface area contributed by atoms with Gasteiger partial charge in [-0.2, -0.15) is 0 Å². The van der Waals surface area contributed by atoms with Gasteiger partial charge >= 0.3 is 0 Å². The Balaban J connectivity index is 2.07. The quantitative estimate of drug-likeness (QED) is 0.796. The molecule has 5 heteroatoms. The number of rotatable bonds is 6. The number of nitrogens with zero attached hydrogens (tertiary/aromatic N) is 2. The topological polar surface area (TPSA) is 47.0 Å². The molecule has 1 aromatic heterocycles. The average molecular weight is 350 g/mol. The van der Waals surface area contributed by atoms with Gasteiger partial charge in [0.2, 0.25) is 0 Å². The second kappa shape index (κ2) is 7.52.